The van der Waals surface area contributed by atoms with Crippen LogP contribution in [0.1, 0.15) is 361 Å². The van der Waals surface area contributed by atoms with E-state index >= 15 is 0 Å². The predicted octanol–water partition coefficient (Wildman–Crippen LogP) is 24.1. The summed E-state index contributed by atoms with van der Waals surface area (Å²) in [5.41, 5.74) is 0. The third-order valence-corrected chi connectivity index (χ3v) is 15.4. The van der Waals surface area contributed by atoms with Crippen LogP contribution in [0.4, 0.5) is 0 Å². The van der Waals surface area contributed by atoms with E-state index in [2.05, 4.69) is 93.7 Å². The fraction of sp³-hybridized carbons (Fsp3) is 0.797. The van der Waals surface area contributed by atoms with Crippen LogP contribution < -0.4 is 0 Å². The Balaban J connectivity index is 4.07. The van der Waals surface area contributed by atoms with Gasteiger partial charge in [-0.3, -0.25) is 14.4 Å². The van der Waals surface area contributed by atoms with Gasteiger partial charge in [-0.2, -0.15) is 0 Å². The van der Waals surface area contributed by atoms with Gasteiger partial charge in [0.05, 0.1) is 0 Å². The first-order chi connectivity index (χ1) is 39.5. The SMILES string of the molecule is CC/C=C\C/C=C\C/C=C\C/C=C\CCCCC(=O)OC(COC(=O)CCCCCCCCCCCCCC)COC(=O)CCCCCCCCCCCCCCCCCCCCCCCCC/C=C\C/C=C\CCCCCCC. The summed E-state index contributed by atoms with van der Waals surface area (Å²) in [5.74, 6) is -0.911. The highest BCUT2D eigenvalue weighted by atomic mass is 16.6. The number of hydrogen-bond donors (Lipinski definition) is 0. The lowest BCUT2D eigenvalue weighted by Crippen LogP contribution is -2.30. The fourth-order valence-corrected chi connectivity index (χ4v) is 10.2. The van der Waals surface area contributed by atoms with E-state index in [0.717, 1.165) is 83.5 Å². The Morgan fingerprint density at radius 2 is 0.487 bits per heavy atom. The number of ether oxygens (including phenoxy) is 3. The molecule has 0 aromatic rings. The monoisotopic (exact) mass is 1120 g/mol. The van der Waals surface area contributed by atoms with Crippen molar-refractivity contribution in [2.45, 2.75) is 367 Å². The first-order valence-electron chi connectivity index (χ1n) is 34.9. The van der Waals surface area contributed by atoms with Crippen LogP contribution in [0.2, 0.25) is 0 Å². The predicted molar refractivity (Wildman–Crippen MR) is 348 cm³/mol. The van der Waals surface area contributed by atoms with Gasteiger partial charge in [0, 0.05) is 19.3 Å². The maximum absolute atomic E-state index is 12.9. The molecule has 1 atom stereocenters. The Morgan fingerprint density at radius 3 is 0.787 bits per heavy atom. The minimum Gasteiger partial charge on any atom is -0.462 e. The quantitative estimate of drug-likeness (QED) is 0.0261. The average Bonchev–Trinajstić information content (AvgIpc) is 3.46. The number of carbonyl (C=O) groups is 3. The van der Waals surface area contributed by atoms with Crippen LogP contribution in [0.3, 0.4) is 0 Å². The summed E-state index contributed by atoms with van der Waals surface area (Å²) in [4.78, 5) is 38.2. The van der Waals surface area contributed by atoms with Crippen molar-refractivity contribution >= 4 is 17.9 Å². The van der Waals surface area contributed by atoms with Gasteiger partial charge in [-0.15, -0.1) is 0 Å². The summed E-state index contributed by atoms with van der Waals surface area (Å²) >= 11 is 0. The van der Waals surface area contributed by atoms with Crippen molar-refractivity contribution in [2.75, 3.05) is 13.2 Å². The Labute approximate surface area is 497 Å². The topological polar surface area (TPSA) is 78.9 Å². The molecule has 1 unspecified atom stereocenters. The van der Waals surface area contributed by atoms with E-state index in [4.69, 9.17) is 14.2 Å². The number of hydrogen-bond acceptors (Lipinski definition) is 6. The van der Waals surface area contributed by atoms with Crippen LogP contribution in [0.15, 0.2) is 72.9 Å². The minimum atomic E-state index is -0.794. The molecule has 0 heterocycles. The van der Waals surface area contributed by atoms with Crippen LogP contribution >= 0.6 is 0 Å². The number of rotatable bonds is 64. The highest BCUT2D eigenvalue weighted by Gasteiger charge is 2.19. The molecule has 0 N–H and O–H groups in total. The van der Waals surface area contributed by atoms with E-state index in [-0.39, 0.29) is 37.5 Å². The lowest BCUT2D eigenvalue weighted by atomic mass is 10.0. The van der Waals surface area contributed by atoms with Crippen molar-refractivity contribution in [2.24, 2.45) is 0 Å². The summed E-state index contributed by atoms with van der Waals surface area (Å²) in [7, 11) is 0. The molecule has 0 saturated heterocycles. The van der Waals surface area contributed by atoms with E-state index in [9.17, 15) is 14.4 Å². The molecule has 6 heteroatoms. The van der Waals surface area contributed by atoms with Crippen LogP contribution in [0.5, 0.6) is 0 Å². The van der Waals surface area contributed by atoms with Gasteiger partial charge in [-0.05, 0) is 89.9 Å². The molecule has 0 aliphatic carbocycles. The number of esters is 3. The maximum Gasteiger partial charge on any atom is 0.306 e. The average molecular weight is 1120 g/mol. The lowest BCUT2D eigenvalue weighted by molar-refractivity contribution is -0.167. The molecular weight excluding hydrogens is 985 g/mol. The van der Waals surface area contributed by atoms with Crippen LogP contribution in [0, 0.1) is 0 Å². The van der Waals surface area contributed by atoms with Crippen molar-refractivity contribution in [3.8, 4) is 0 Å². The van der Waals surface area contributed by atoms with E-state index in [1.54, 1.807) is 0 Å². The molecule has 80 heavy (non-hydrogen) atoms. The van der Waals surface area contributed by atoms with E-state index in [0.29, 0.717) is 19.3 Å². The summed E-state index contributed by atoms with van der Waals surface area (Å²) in [6.45, 7) is 6.52. The standard InChI is InChI=1S/C74H132O6/c1-4-7-10-13-16-19-22-25-27-28-29-30-31-32-33-34-35-36-37-38-39-40-41-42-43-44-45-46-48-49-52-55-58-61-64-67-73(76)79-70-71(69-78-72(75)66-63-60-57-54-51-24-21-18-15-12-9-6-3)80-74(77)68-65-62-59-56-53-50-47-26-23-20-17-14-11-8-5-2/h8,11,17,20,22,25-26,28-29,47,53,56,71H,4-7,9-10,12-16,18-19,21,23-24,27,30-46,48-52,54-55,57-70H2,1-3H3/b11-8-,20-17-,25-22-,29-28-,47-26-,56-53-. The first-order valence-corrected chi connectivity index (χ1v) is 34.9. The summed E-state index contributed by atoms with van der Waals surface area (Å²) in [6.07, 6.45) is 89.6. The van der Waals surface area contributed by atoms with Crippen molar-refractivity contribution in [3.05, 3.63) is 72.9 Å². The van der Waals surface area contributed by atoms with Gasteiger partial charge in [0.1, 0.15) is 13.2 Å². The molecule has 0 spiro atoms. The summed E-state index contributed by atoms with van der Waals surface area (Å²) in [6, 6.07) is 0. The third kappa shape index (κ3) is 65.7. The second-order valence-corrected chi connectivity index (χ2v) is 23.4. The van der Waals surface area contributed by atoms with E-state index in [1.807, 2.05) is 0 Å². The molecule has 6 nitrogen and oxygen atoms in total. The smallest absolute Gasteiger partial charge is 0.306 e. The number of allylic oxidation sites excluding steroid dienone is 12. The van der Waals surface area contributed by atoms with Crippen molar-refractivity contribution in [1.82, 2.24) is 0 Å². The molecule has 0 saturated carbocycles. The molecule has 0 aromatic carbocycles. The summed E-state index contributed by atoms with van der Waals surface area (Å²) < 4.78 is 16.9. The van der Waals surface area contributed by atoms with Crippen molar-refractivity contribution < 1.29 is 28.6 Å². The highest BCUT2D eigenvalue weighted by Crippen LogP contribution is 2.18. The second-order valence-electron chi connectivity index (χ2n) is 23.4. The van der Waals surface area contributed by atoms with Gasteiger partial charge < -0.3 is 14.2 Å². The van der Waals surface area contributed by atoms with E-state index < -0.39 is 6.10 Å². The molecule has 0 rings (SSSR count). The normalized spacial score (nSPS) is 12.5. The van der Waals surface area contributed by atoms with Gasteiger partial charge in [-0.25, -0.2) is 0 Å². The minimum absolute atomic E-state index is 0.0873. The summed E-state index contributed by atoms with van der Waals surface area (Å²) in [5, 5.41) is 0. The number of carbonyl (C=O) groups excluding carboxylic acids is 3. The second kappa shape index (κ2) is 68.3. The molecule has 464 valence electrons. The largest absolute Gasteiger partial charge is 0.462 e. The van der Waals surface area contributed by atoms with Crippen LogP contribution in [-0.2, 0) is 28.6 Å². The van der Waals surface area contributed by atoms with Gasteiger partial charge >= 0.3 is 17.9 Å². The highest BCUT2D eigenvalue weighted by molar-refractivity contribution is 5.71. The van der Waals surface area contributed by atoms with Crippen molar-refractivity contribution in [3.63, 3.8) is 0 Å². The Morgan fingerprint density at radius 1 is 0.263 bits per heavy atom. The van der Waals surface area contributed by atoms with Gasteiger partial charge in [-0.1, -0.05) is 325 Å². The zero-order valence-electron chi connectivity index (χ0n) is 53.3. The Kier molecular flexibility index (Phi) is 65.7. The van der Waals surface area contributed by atoms with E-state index in [1.165, 1.54) is 231 Å². The molecule has 0 bridgehead atoms. The Hall–Kier alpha value is -3.15. The molecular formula is C74H132O6. The lowest BCUT2D eigenvalue weighted by Gasteiger charge is -2.18. The third-order valence-electron chi connectivity index (χ3n) is 15.4. The molecule has 0 aliphatic heterocycles. The fourth-order valence-electron chi connectivity index (χ4n) is 10.2. The number of unbranched alkanes of at least 4 members (excludes halogenated alkanes) is 41. The Bertz CT molecular complexity index is 1470. The molecule has 0 radical (unpaired) electrons. The zero-order valence-corrected chi connectivity index (χ0v) is 53.3. The van der Waals surface area contributed by atoms with Crippen LogP contribution in [-0.4, -0.2) is 37.2 Å². The van der Waals surface area contributed by atoms with Crippen molar-refractivity contribution in [1.29, 1.82) is 0 Å². The zero-order chi connectivity index (χ0) is 57.8. The molecule has 0 aliphatic rings. The van der Waals surface area contributed by atoms with Gasteiger partial charge in [0.15, 0.2) is 6.10 Å². The van der Waals surface area contributed by atoms with Crippen LogP contribution in [0.25, 0.3) is 0 Å². The van der Waals surface area contributed by atoms with Gasteiger partial charge in [0.2, 0.25) is 0 Å². The van der Waals surface area contributed by atoms with Gasteiger partial charge in [0.25, 0.3) is 0 Å². The molecule has 0 aromatic heterocycles. The first kappa shape index (κ1) is 76.9. The molecule has 0 amide bonds. The maximum atomic E-state index is 12.9. The molecule has 0 fully saturated rings.